The van der Waals surface area contributed by atoms with Gasteiger partial charge in [-0.1, -0.05) is 6.92 Å². The molecule has 6 nitrogen and oxygen atoms in total. The Labute approximate surface area is 112 Å². The Balaban J connectivity index is 2.04. The van der Waals surface area contributed by atoms with Crippen molar-refractivity contribution in [2.45, 2.75) is 26.8 Å². The molecule has 0 atom stereocenters. The van der Waals surface area contributed by atoms with Gasteiger partial charge in [0.15, 0.2) is 0 Å². The predicted octanol–water partition coefficient (Wildman–Crippen LogP) is 1.81. The molecule has 102 valence electrons. The fourth-order valence-corrected chi connectivity index (χ4v) is 1.70. The molecule has 0 aliphatic rings. The third-order valence-electron chi connectivity index (χ3n) is 2.56. The molecule has 2 aromatic heterocycles. The van der Waals surface area contributed by atoms with E-state index in [4.69, 9.17) is 4.74 Å². The normalized spacial score (nSPS) is 10.7. The lowest BCUT2D eigenvalue weighted by Gasteiger charge is -2.06. The SMILES string of the molecule is CCCNCc1cncc(Oc2cc(C)nn2C)n1. The second-order valence-corrected chi connectivity index (χ2v) is 4.38. The molecule has 0 spiro atoms. The second kappa shape index (κ2) is 6.29. The van der Waals surface area contributed by atoms with Crippen LogP contribution < -0.4 is 10.1 Å². The Morgan fingerprint density at radius 1 is 1.37 bits per heavy atom. The van der Waals surface area contributed by atoms with Crippen LogP contribution in [0.1, 0.15) is 24.7 Å². The van der Waals surface area contributed by atoms with E-state index in [0.29, 0.717) is 18.3 Å². The van der Waals surface area contributed by atoms with Gasteiger partial charge >= 0.3 is 0 Å². The number of hydrogen-bond donors (Lipinski definition) is 1. The summed E-state index contributed by atoms with van der Waals surface area (Å²) < 4.78 is 7.36. The highest BCUT2D eigenvalue weighted by Gasteiger charge is 2.06. The molecule has 19 heavy (non-hydrogen) atoms. The summed E-state index contributed by atoms with van der Waals surface area (Å²) in [7, 11) is 1.84. The summed E-state index contributed by atoms with van der Waals surface area (Å²) in [5.41, 5.74) is 1.77. The van der Waals surface area contributed by atoms with Crippen molar-refractivity contribution in [3.8, 4) is 11.8 Å². The maximum absolute atomic E-state index is 5.68. The van der Waals surface area contributed by atoms with Crippen LogP contribution in [0.5, 0.6) is 11.8 Å². The van der Waals surface area contributed by atoms with Crippen molar-refractivity contribution in [1.29, 1.82) is 0 Å². The topological polar surface area (TPSA) is 64.9 Å². The van der Waals surface area contributed by atoms with Crippen molar-refractivity contribution >= 4 is 0 Å². The number of aromatic nitrogens is 4. The molecule has 0 aliphatic carbocycles. The molecule has 2 aromatic rings. The van der Waals surface area contributed by atoms with Gasteiger partial charge in [-0.3, -0.25) is 4.98 Å². The largest absolute Gasteiger partial charge is 0.419 e. The Bertz CT molecular complexity index is 538. The van der Waals surface area contributed by atoms with E-state index in [0.717, 1.165) is 24.4 Å². The number of aryl methyl sites for hydroxylation is 2. The molecule has 0 bridgehead atoms. The van der Waals surface area contributed by atoms with Gasteiger partial charge in [0.05, 0.1) is 17.6 Å². The Kier molecular flexibility index (Phi) is 4.46. The molecular weight excluding hydrogens is 242 g/mol. The van der Waals surface area contributed by atoms with E-state index < -0.39 is 0 Å². The van der Waals surface area contributed by atoms with Crippen molar-refractivity contribution in [1.82, 2.24) is 25.1 Å². The summed E-state index contributed by atoms with van der Waals surface area (Å²) in [6.45, 7) is 5.71. The van der Waals surface area contributed by atoms with E-state index in [9.17, 15) is 0 Å². The van der Waals surface area contributed by atoms with E-state index in [2.05, 4.69) is 27.3 Å². The standard InChI is InChI=1S/C13H19N5O/c1-4-5-14-7-11-8-15-9-12(16-11)19-13-6-10(2)17-18(13)3/h6,8-9,14H,4-5,7H2,1-3H3. The first-order valence-corrected chi connectivity index (χ1v) is 6.39. The summed E-state index contributed by atoms with van der Waals surface area (Å²) >= 11 is 0. The molecule has 0 fully saturated rings. The number of rotatable bonds is 6. The smallest absolute Gasteiger partial charge is 0.240 e. The molecular formula is C13H19N5O. The van der Waals surface area contributed by atoms with Gasteiger partial charge < -0.3 is 10.1 Å². The average Bonchev–Trinajstić information content (AvgIpc) is 2.69. The van der Waals surface area contributed by atoms with Crippen LogP contribution in [-0.2, 0) is 13.6 Å². The third-order valence-corrected chi connectivity index (χ3v) is 2.56. The summed E-state index contributed by atoms with van der Waals surface area (Å²) in [6.07, 6.45) is 4.44. The summed E-state index contributed by atoms with van der Waals surface area (Å²) in [5.74, 6) is 1.14. The fraction of sp³-hybridized carbons (Fsp3) is 0.462. The first-order chi connectivity index (χ1) is 9.19. The first-order valence-electron chi connectivity index (χ1n) is 6.39. The monoisotopic (exact) mass is 261 g/mol. The average molecular weight is 261 g/mol. The lowest BCUT2D eigenvalue weighted by molar-refractivity contribution is 0.411. The zero-order valence-corrected chi connectivity index (χ0v) is 11.6. The third kappa shape index (κ3) is 3.75. The van der Waals surface area contributed by atoms with Crippen molar-refractivity contribution in [3.63, 3.8) is 0 Å². The molecule has 2 heterocycles. The maximum atomic E-state index is 5.68. The molecule has 0 aliphatic heterocycles. The van der Waals surface area contributed by atoms with Gasteiger partial charge in [-0.05, 0) is 19.9 Å². The van der Waals surface area contributed by atoms with Gasteiger partial charge in [-0.25, -0.2) is 9.67 Å². The zero-order chi connectivity index (χ0) is 13.7. The van der Waals surface area contributed by atoms with Gasteiger partial charge in [0.1, 0.15) is 0 Å². The molecule has 0 amide bonds. The van der Waals surface area contributed by atoms with Crippen molar-refractivity contribution in [3.05, 3.63) is 29.8 Å². The first kappa shape index (κ1) is 13.5. The minimum Gasteiger partial charge on any atom is -0.419 e. The fourth-order valence-electron chi connectivity index (χ4n) is 1.70. The van der Waals surface area contributed by atoms with Crippen LogP contribution in [0.2, 0.25) is 0 Å². The van der Waals surface area contributed by atoms with E-state index in [1.165, 1.54) is 0 Å². The van der Waals surface area contributed by atoms with Crippen LogP contribution in [0, 0.1) is 6.92 Å². The number of hydrogen-bond acceptors (Lipinski definition) is 5. The maximum Gasteiger partial charge on any atom is 0.240 e. The quantitative estimate of drug-likeness (QED) is 0.803. The molecule has 6 heteroatoms. The van der Waals surface area contributed by atoms with E-state index in [1.54, 1.807) is 17.1 Å². The minimum absolute atomic E-state index is 0.485. The van der Waals surface area contributed by atoms with Crippen LogP contribution >= 0.6 is 0 Å². The lowest BCUT2D eigenvalue weighted by Crippen LogP contribution is -2.15. The minimum atomic E-state index is 0.485. The van der Waals surface area contributed by atoms with Gasteiger partial charge in [-0.2, -0.15) is 5.10 Å². The van der Waals surface area contributed by atoms with Crippen molar-refractivity contribution < 1.29 is 4.74 Å². The van der Waals surface area contributed by atoms with Gasteiger partial charge in [0.25, 0.3) is 0 Å². The van der Waals surface area contributed by atoms with Gasteiger partial charge in [0, 0.05) is 25.9 Å². The van der Waals surface area contributed by atoms with Crippen molar-refractivity contribution in [2.75, 3.05) is 6.54 Å². The van der Waals surface area contributed by atoms with Crippen LogP contribution in [-0.4, -0.2) is 26.3 Å². The summed E-state index contributed by atoms with van der Waals surface area (Å²) in [6, 6.07) is 1.86. The highest BCUT2D eigenvalue weighted by molar-refractivity contribution is 5.20. The lowest BCUT2D eigenvalue weighted by atomic mass is 10.4. The van der Waals surface area contributed by atoms with Crippen LogP contribution in [0.15, 0.2) is 18.5 Å². The molecule has 0 radical (unpaired) electrons. The summed E-state index contributed by atoms with van der Waals surface area (Å²) in [5, 5.41) is 7.50. The Hall–Kier alpha value is -1.95. The van der Waals surface area contributed by atoms with Crippen LogP contribution in [0.25, 0.3) is 0 Å². The molecule has 0 aromatic carbocycles. The highest BCUT2D eigenvalue weighted by Crippen LogP contribution is 2.18. The van der Waals surface area contributed by atoms with Crippen LogP contribution in [0.3, 0.4) is 0 Å². The second-order valence-electron chi connectivity index (χ2n) is 4.38. The molecule has 0 unspecified atom stereocenters. The number of ether oxygens (including phenoxy) is 1. The van der Waals surface area contributed by atoms with E-state index in [-0.39, 0.29) is 0 Å². The Morgan fingerprint density at radius 2 is 2.21 bits per heavy atom. The number of nitrogens with zero attached hydrogens (tertiary/aromatic N) is 4. The van der Waals surface area contributed by atoms with Gasteiger partial charge in [-0.15, -0.1) is 0 Å². The van der Waals surface area contributed by atoms with Gasteiger partial charge in [0.2, 0.25) is 11.8 Å². The number of nitrogens with one attached hydrogen (secondary N) is 1. The Morgan fingerprint density at radius 3 is 2.89 bits per heavy atom. The van der Waals surface area contributed by atoms with Crippen molar-refractivity contribution in [2.24, 2.45) is 7.05 Å². The zero-order valence-electron chi connectivity index (χ0n) is 11.6. The van der Waals surface area contributed by atoms with Crippen LogP contribution in [0.4, 0.5) is 0 Å². The molecule has 1 N–H and O–H groups in total. The molecule has 2 rings (SSSR count). The molecule has 0 saturated carbocycles. The van der Waals surface area contributed by atoms with E-state index >= 15 is 0 Å². The highest BCUT2D eigenvalue weighted by atomic mass is 16.5. The summed E-state index contributed by atoms with van der Waals surface area (Å²) in [4.78, 5) is 8.54. The predicted molar refractivity (Wildman–Crippen MR) is 72.0 cm³/mol. The molecule has 0 saturated heterocycles. The van der Waals surface area contributed by atoms with E-state index in [1.807, 2.05) is 20.0 Å².